The zero-order valence-corrected chi connectivity index (χ0v) is 24.3. The quantitative estimate of drug-likeness (QED) is 0.246. The molecule has 0 saturated carbocycles. The first kappa shape index (κ1) is 27.1. The largest absolute Gasteiger partial charge is 0.354 e. The van der Waals surface area contributed by atoms with Crippen LogP contribution in [0.15, 0.2) is 66.3 Å². The summed E-state index contributed by atoms with van der Waals surface area (Å²) in [5, 5.41) is 0.255. The summed E-state index contributed by atoms with van der Waals surface area (Å²) in [4.78, 5) is 38.4. The highest BCUT2D eigenvalue weighted by atomic mass is 19.1. The second-order valence-electron chi connectivity index (χ2n) is 11.0. The third-order valence-electron chi connectivity index (χ3n) is 7.77. The van der Waals surface area contributed by atoms with Crippen molar-refractivity contribution in [2.24, 2.45) is 0 Å². The molecule has 1 saturated heterocycles. The van der Waals surface area contributed by atoms with Crippen LogP contribution in [0.1, 0.15) is 46.3 Å². The summed E-state index contributed by atoms with van der Waals surface area (Å²) in [7, 11) is 0. The molecule has 1 fully saturated rings. The molecule has 2 aromatic heterocycles. The van der Waals surface area contributed by atoms with Gasteiger partial charge < -0.3 is 9.80 Å². The molecule has 2 aromatic carbocycles. The third kappa shape index (κ3) is 5.22. The van der Waals surface area contributed by atoms with Crippen LogP contribution in [0.5, 0.6) is 0 Å². The van der Waals surface area contributed by atoms with Gasteiger partial charge in [0.1, 0.15) is 17.5 Å². The molecule has 43 heavy (non-hydrogen) atoms. The highest BCUT2D eigenvalue weighted by Crippen LogP contribution is 2.37. The molecule has 222 valence electrons. The number of benzene rings is 2. The molecule has 0 radical (unpaired) electrons. The van der Waals surface area contributed by atoms with E-state index >= 15 is 8.78 Å². The molecule has 0 N–H and O–H groups in total. The topological polar surface area (TPSA) is 71.3 Å². The van der Waals surface area contributed by atoms with Gasteiger partial charge in [0.15, 0.2) is 5.83 Å². The molecule has 5 rings (SSSR count). The van der Waals surface area contributed by atoms with Crippen molar-refractivity contribution in [3.63, 3.8) is 0 Å². The van der Waals surface area contributed by atoms with Gasteiger partial charge in [-0.1, -0.05) is 45.2 Å². The van der Waals surface area contributed by atoms with Crippen LogP contribution in [0.3, 0.4) is 0 Å². The minimum Gasteiger partial charge on any atom is -0.350 e. The van der Waals surface area contributed by atoms with Gasteiger partial charge in [-0.2, -0.15) is 4.98 Å². The minimum absolute atomic E-state index is 0.104. The van der Waals surface area contributed by atoms with Crippen LogP contribution in [-0.4, -0.2) is 51.0 Å². The predicted octanol–water partition coefficient (Wildman–Crippen LogP) is 6.32. The Morgan fingerprint density at radius 3 is 2.63 bits per heavy atom. The van der Waals surface area contributed by atoms with Crippen LogP contribution in [0.25, 0.3) is 33.8 Å². The van der Waals surface area contributed by atoms with E-state index in [4.69, 9.17) is 2.74 Å². The van der Waals surface area contributed by atoms with Crippen molar-refractivity contribution < 1.29 is 20.7 Å². The Balaban J connectivity index is 1.83. The van der Waals surface area contributed by atoms with E-state index in [1.807, 2.05) is 20.8 Å². The first-order valence-electron chi connectivity index (χ1n) is 14.9. The lowest BCUT2D eigenvalue weighted by molar-refractivity contribution is -0.129. The van der Waals surface area contributed by atoms with Crippen LogP contribution in [0, 0.1) is 18.6 Å². The van der Waals surface area contributed by atoms with Crippen LogP contribution in [-0.2, 0) is 4.79 Å². The van der Waals surface area contributed by atoms with E-state index in [9.17, 15) is 14.0 Å². The van der Waals surface area contributed by atoms with Crippen LogP contribution >= 0.6 is 0 Å². The number of hydrogen-bond acceptors (Lipinski definition) is 5. The lowest BCUT2D eigenvalue weighted by atomic mass is 9.96. The minimum atomic E-state index is -1.07. The van der Waals surface area contributed by atoms with Crippen molar-refractivity contribution in [1.82, 2.24) is 19.4 Å². The first-order chi connectivity index (χ1) is 21.3. The van der Waals surface area contributed by atoms with Crippen molar-refractivity contribution >= 4 is 28.7 Å². The number of rotatable bonds is 6. The number of amides is 1. The van der Waals surface area contributed by atoms with Gasteiger partial charge in [0, 0.05) is 48.4 Å². The fraction of sp³-hybridized carbons (Fsp3) is 0.273. The van der Waals surface area contributed by atoms with Crippen LogP contribution in [0.4, 0.5) is 19.0 Å². The number of anilines is 1. The molecule has 0 aliphatic carbocycles. The van der Waals surface area contributed by atoms with Crippen molar-refractivity contribution in [3.8, 4) is 16.8 Å². The average molecular weight is 590 g/mol. The molecule has 4 aromatic rings. The number of halogens is 3. The molecule has 7 nitrogen and oxygen atoms in total. The lowest BCUT2D eigenvalue weighted by Crippen LogP contribution is -2.54. The molecule has 0 spiro atoms. The number of aryl methyl sites for hydroxylation is 1. The number of fused-ring (bicyclic) bond motifs is 1. The van der Waals surface area contributed by atoms with Gasteiger partial charge in [0.2, 0.25) is 0 Å². The predicted molar refractivity (Wildman–Crippen MR) is 163 cm³/mol. The highest BCUT2D eigenvalue weighted by molar-refractivity contribution is 5.95. The Morgan fingerprint density at radius 2 is 1.95 bits per heavy atom. The molecule has 3 heterocycles. The fourth-order valence-electron chi connectivity index (χ4n) is 5.71. The van der Waals surface area contributed by atoms with E-state index in [1.54, 1.807) is 24.1 Å². The standard InChI is InChI=1S/C33H32F3N5O2/c1-7-22-9-8-10-25(35)28(22)23-16-27-24(15-26(23)36)31(40-14-13-39(17-20(40)5)32(42)21(6)34)38-33(43)41(27)30-19(4)11-12-37-29(30)18(2)3/h7-12,15-16,18,20H,1,6,13-14,17H2,2-5H3/t20-/m0/s1/i1D2. The van der Waals surface area contributed by atoms with E-state index < -0.39 is 41.6 Å². The zero-order chi connectivity index (χ0) is 32.7. The second kappa shape index (κ2) is 11.5. The number of pyridine rings is 1. The van der Waals surface area contributed by atoms with Crippen LogP contribution < -0.4 is 10.6 Å². The maximum atomic E-state index is 16.2. The summed E-state index contributed by atoms with van der Waals surface area (Å²) in [5.74, 6) is -3.42. The fourth-order valence-corrected chi connectivity index (χ4v) is 5.71. The summed E-state index contributed by atoms with van der Waals surface area (Å²) in [6, 6.07) is 7.94. The van der Waals surface area contributed by atoms with Crippen molar-refractivity contribution in [2.75, 3.05) is 24.5 Å². The van der Waals surface area contributed by atoms with E-state index in [-0.39, 0.29) is 59.0 Å². The monoisotopic (exact) mass is 589 g/mol. The van der Waals surface area contributed by atoms with Crippen LogP contribution in [0.2, 0.25) is 0 Å². The Bertz CT molecular complexity index is 1940. The van der Waals surface area contributed by atoms with E-state index in [0.29, 0.717) is 16.9 Å². The number of hydrogen-bond donors (Lipinski definition) is 0. The zero-order valence-electron chi connectivity index (χ0n) is 26.3. The normalized spacial score (nSPS) is 15.9. The number of nitrogens with zero attached hydrogens (tertiary/aromatic N) is 5. The summed E-state index contributed by atoms with van der Waals surface area (Å²) in [6.07, 6.45) is 2.75. The number of piperazine rings is 1. The smallest absolute Gasteiger partial charge is 0.350 e. The Labute approximate surface area is 250 Å². The molecule has 0 bridgehead atoms. The van der Waals surface area contributed by atoms with Gasteiger partial charge >= 0.3 is 5.69 Å². The molecular weight excluding hydrogens is 555 g/mol. The first-order valence-corrected chi connectivity index (χ1v) is 13.9. The summed E-state index contributed by atoms with van der Waals surface area (Å²) < 4.78 is 61.8. The van der Waals surface area contributed by atoms with Gasteiger partial charge in [-0.25, -0.2) is 18.0 Å². The Morgan fingerprint density at radius 1 is 1.19 bits per heavy atom. The number of carbonyl (C=O) groups is 1. The Kier molecular flexibility index (Phi) is 7.26. The van der Waals surface area contributed by atoms with Crippen molar-refractivity contribution in [3.05, 3.63) is 100 Å². The lowest BCUT2D eigenvalue weighted by Gasteiger charge is -2.40. The number of carbonyl (C=O) groups excluding carboxylic acids is 1. The van der Waals surface area contributed by atoms with Gasteiger partial charge in [-0.3, -0.25) is 14.3 Å². The molecule has 1 aliphatic rings. The Hall–Kier alpha value is -4.73. The number of aromatic nitrogens is 3. The average Bonchev–Trinajstić information content (AvgIpc) is 2.97. The summed E-state index contributed by atoms with van der Waals surface area (Å²) in [6.45, 7) is 10.4. The molecule has 1 atom stereocenters. The summed E-state index contributed by atoms with van der Waals surface area (Å²) >= 11 is 0. The van der Waals surface area contributed by atoms with Gasteiger partial charge in [0.25, 0.3) is 5.91 Å². The van der Waals surface area contributed by atoms with Crippen molar-refractivity contribution in [1.29, 1.82) is 0 Å². The molecule has 1 aliphatic heterocycles. The third-order valence-corrected chi connectivity index (χ3v) is 7.77. The second-order valence-corrected chi connectivity index (χ2v) is 11.0. The maximum Gasteiger partial charge on any atom is 0.354 e. The summed E-state index contributed by atoms with van der Waals surface area (Å²) in [5.41, 5.74) is 1.14. The highest BCUT2D eigenvalue weighted by Gasteiger charge is 2.31. The maximum absolute atomic E-state index is 16.2. The van der Waals surface area contributed by atoms with E-state index in [1.165, 1.54) is 33.7 Å². The van der Waals surface area contributed by atoms with Gasteiger partial charge in [-0.05, 0) is 55.2 Å². The van der Waals surface area contributed by atoms with Gasteiger partial charge in [-0.15, -0.1) is 0 Å². The van der Waals surface area contributed by atoms with Gasteiger partial charge in [0.05, 0.1) is 19.6 Å². The molecular formula is C33H32F3N5O2. The van der Waals surface area contributed by atoms with E-state index in [2.05, 4.69) is 16.5 Å². The SMILES string of the molecule is [2H]C([2H])=Cc1cccc(F)c1-c1cc2c(cc1F)c(N1CCN(C(=O)C(=C)F)C[C@@H]1C)nc(=O)n2-c1c(C)ccnc1C(C)C. The molecule has 0 unspecified atom stereocenters. The molecule has 1 amide bonds. The molecule has 10 heteroatoms. The van der Waals surface area contributed by atoms with Crippen molar-refractivity contribution in [2.45, 2.75) is 39.7 Å². The van der Waals surface area contributed by atoms with E-state index in [0.717, 1.165) is 12.1 Å².